The first-order valence-electron chi connectivity index (χ1n) is 15.3. The lowest BCUT2D eigenvalue weighted by atomic mass is 9.77. The molecule has 2 fully saturated rings. The molecule has 0 radical (unpaired) electrons. The fourth-order valence-corrected chi connectivity index (χ4v) is 10.2. The molecule has 0 N–H and O–H groups in total. The third-order valence-electron chi connectivity index (χ3n) is 8.07. The summed E-state index contributed by atoms with van der Waals surface area (Å²) in [5, 5.41) is 0.741. The van der Waals surface area contributed by atoms with Gasteiger partial charge in [-0.2, -0.15) is 0 Å². The average molecular weight is 675 g/mol. The molecule has 2 heterocycles. The Bertz CT molecular complexity index is 1110. The lowest BCUT2D eigenvalue weighted by Crippen LogP contribution is -2.70. The van der Waals surface area contributed by atoms with Crippen LogP contribution >= 0.6 is 11.8 Å². The van der Waals surface area contributed by atoms with E-state index in [1.165, 1.54) is 5.06 Å². The van der Waals surface area contributed by atoms with Crippen LogP contribution in [0.3, 0.4) is 0 Å². The molecule has 2 saturated heterocycles. The Labute approximate surface area is 267 Å². The molecule has 0 bridgehead atoms. The Morgan fingerprint density at radius 3 is 2.05 bits per heavy atom. The van der Waals surface area contributed by atoms with Crippen molar-refractivity contribution in [3.63, 3.8) is 0 Å². The number of nitrogens with zero attached hydrogens (tertiary/aromatic N) is 2. The number of hydroxylamine groups is 2. The summed E-state index contributed by atoms with van der Waals surface area (Å²) in [5.74, 6) is -5.78. The lowest BCUT2D eigenvalue weighted by molar-refractivity contribution is -0.188. The standard InChI is InChI=1S/C29H50N2O10SSi2/c1-12-44(13-2,14-3)41-30-16-20(15-21(30)32)42-27(36)18(4)23-22(19(5)40-43(9,10)11)24(33)31(23)25(34)26(35)38-17-39-28(37)29(6,7)8/h18-20,22-23H,12-17H2,1-11H3/t18-,19?,20-,22-,23-/m1/s1. The molecule has 0 spiro atoms. The number of ether oxygens (including phenoxy) is 2. The highest BCUT2D eigenvalue weighted by Crippen LogP contribution is 2.40. The maximum atomic E-state index is 13.6. The monoisotopic (exact) mass is 674 g/mol. The number of hydrogen-bond donors (Lipinski definition) is 0. The van der Waals surface area contributed by atoms with Crippen molar-refractivity contribution >= 4 is 63.2 Å². The SMILES string of the molecule is CC[Si](CC)(CC)ON1C[C@H](SC(=O)[C@H](C)[C@@H]2[C@@H](C(C)O[Si](C)(C)C)C(=O)N2C(=O)C(=O)OCOC(=O)C(C)(C)C)CC1=O. The molecule has 2 aliphatic rings. The van der Waals surface area contributed by atoms with E-state index in [0.717, 1.165) is 34.8 Å². The van der Waals surface area contributed by atoms with E-state index in [4.69, 9.17) is 18.4 Å². The number of imide groups is 1. The van der Waals surface area contributed by atoms with Crippen molar-refractivity contribution in [3.8, 4) is 0 Å². The molecule has 250 valence electrons. The van der Waals surface area contributed by atoms with Gasteiger partial charge >= 0.3 is 17.8 Å². The van der Waals surface area contributed by atoms with Crippen LogP contribution in [-0.2, 0) is 47.2 Å². The number of amides is 3. The quantitative estimate of drug-likeness (QED) is 0.0915. The van der Waals surface area contributed by atoms with E-state index >= 15 is 0 Å². The van der Waals surface area contributed by atoms with E-state index in [1.807, 2.05) is 19.6 Å². The fourth-order valence-electron chi connectivity index (χ4n) is 5.33. The second-order valence-corrected chi connectivity index (χ2v) is 24.0. The van der Waals surface area contributed by atoms with Gasteiger partial charge in [-0.15, -0.1) is 0 Å². The van der Waals surface area contributed by atoms with E-state index < -0.39 is 76.6 Å². The number of rotatable bonds is 13. The molecule has 2 aliphatic heterocycles. The minimum absolute atomic E-state index is 0.134. The highest BCUT2D eigenvalue weighted by Gasteiger charge is 2.58. The van der Waals surface area contributed by atoms with Gasteiger partial charge in [0.25, 0.3) is 0 Å². The topological polar surface area (TPSA) is 146 Å². The molecule has 2 rings (SSSR count). The van der Waals surface area contributed by atoms with Crippen LogP contribution in [0.25, 0.3) is 0 Å². The van der Waals surface area contributed by atoms with Gasteiger partial charge in [-0.1, -0.05) is 39.5 Å². The van der Waals surface area contributed by atoms with Crippen LogP contribution < -0.4 is 0 Å². The predicted molar refractivity (Wildman–Crippen MR) is 170 cm³/mol. The summed E-state index contributed by atoms with van der Waals surface area (Å²) in [5.41, 5.74) is -0.845. The third-order valence-corrected chi connectivity index (χ3v) is 14.9. The van der Waals surface area contributed by atoms with Gasteiger partial charge in [0.05, 0.1) is 30.0 Å². The smallest absolute Gasteiger partial charge is 0.400 e. The third kappa shape index (κ3) is 9.24. The number of thioether (sulfide) groups is 1. The van der Waals surface area contributed by atoms with E-state index in [-0.39, 0.29) is 29.2 Å². The number of carbonyl (C=O) groups is 6. The van der Waals surface area contributed by atoms with Crippen molar-refractivity contribution in [2.24, 2.45) is 17.3 Å². The van der Waals surface area contributed by atoms with Crippen molar-refractivity contribution in [1.82, 2.24) is 9.96 Å². The van der Waals surface area contributed by atoms with Gasteiger partial charge in [-0.05, 0) is 65.5 Å². The van der Waals surface area contributed by atoms with Crippen LogP contribution in [0.1, 0.15) is 61.8 Å². The Morgan fingerprint density at radius 1 is 0.977 bits per heavy atom. The molecule has 0 aromatic heterocycles. The number of carbonyl (C=O) groups excluding carboxylic acids is 6. The van der Waals surface area contributed by atoms with Crippen LogP contribution in [0.15, 0.2) is 0 Å². The van der Waals surface area contributed by atoms with Crippen LogP contribution in [0.4, 0.5) is 0 Å². The highest BCUT2D eigenvalue weighted by atomic mass is 32.2. The highest BCUT2D eigenvalue weighted by molar-refractivity contribution is 8.14. The summed E-state index contributed by atoms with van der Waals surface area (Å²) in [6, 6.07) is 1.66. The Balaban J connectivity index is 2.19. The van der Waals surface area contributed by atoms with Gasteiger partial charge in [-0.25, -0.2) is 9.86 Å². The first-order valence-corrected chi connectivity index (χ1v) is 22.1. The molecule has 3 amide bonds. The molecule has 44 heavy (non-hydrogen) atoms. The second kappa shape index (κ2) is 15.0. The number of hydrogen-bond acceptors (Lipinski definition) is 11. The minimum atomic E-state index is -2.12. The summed E-state index contributed by atoms with van der Waals surface area (Å²) in [4.78, 5) is 78.1. The van der Waals surface area contributed by atoms with Gasteiger partial charge in [-0.3, -0.25) is 28.9 Å². The number of esters is 2. The number of β-lactam (4-membered cyclic amide) rings is 1. The van der Waals surface area contributed by atoms with E-state index in [1.54, 1.807) is 34.6 Å². The van der Waals surface area contributed by atoms with Crippen LogP contribution in [0.2, 0.25) is 37.8 Å². The molecule has 15 heteroatoms. The Hall–Kier alpha value is -2.08. The first-order chi connectivity index (χ1) is 20.2. The summed E-state index contributed by atoms with van der Waals surface area (Å²) < 4.78 is 22.2. The van der Waals surface area contributed by atoms with Gasteiger partial charge in [0.1, 0.15) is 0 Å². The van der Waals surface area contributed by atoms with Crippen LogP contribution in [-0.4, -0.2) is 92.1 Å². The van der Waals surface area contributed by atoms with E-state index in [2.05, 4.69) is 20.8 Å². The molecule has 0 aliphatic carbocycles. The Morgan fingerprint density at radius 2 is 1.55 bits per heavy atom. The largest absolute Gasteiger partial charge is 0.427 e. The van der Waals surface area contributed by atoms with E-state index in [0.29, 0.717) is 0 Å². The van der Waals surface area contributed by atoms with Gasteiger partial charge in [0, 0.05) is 17.6 Å². The average Bonchev–Trinajstić information content (AvgIpc) is 3.25. The Kier molecular flexibility index (Phi) is 13.0. The van der Waals surface area contributed by atoms with Crippen molar-refractivity contribution in [1.29, 1.82) is 0 Å². The molecule has 5 atom stereocenters. The molecule has 12 nitrogen and oxygen atoms in total. The summed E-state index contributed by atoms with van der Waals surface area (Å²) in [6.45, 7) is 19.8. The summed E-state index contributed by atoms with van der Waals surface area (Å²) >= 11 is 0.998. The van der Waals surface area contributed by atoms with Crippen molar-refractivity contribution in [3.05, 3.63) is 0 Å². The molecule has 1 unspecified atom stereocenters. The summed E-state index contributed by atoms with van der Waals surface area (Å²) in [6.07, 6.45) is -0.478. The van der Waals surface area contributed by atoms with Crippen molar-refractivity contribution in [2.45, 2.75) is 117 Å². The molecule has 0 aromatic carbocycles. The maximum absolute atomic E-state index is 13.6. The maximum Gasteiger partial charge on any atom is 0.400 e. The zero-order valence-electron chi connectivity index (χ0n) is 28.0. The zero-order valence-corrected chi connectivity index (χ0v) is 30.8. The van der Waals surface area contributed by atoms with Crippen LogP contribution in [0.5, 0.6) is 0 Å². The predicted octanol–water partition coefficient (Wildman–Crippen LogP) is 4.10. The fraction of sp³-hybridized carbons (Fsp3) is 0.793. The van der Waals surface area contributed by atoms with Crippen molar-refractivity contribution in [2.75, 3.05) is 13.3 Å². The summed E-state index contributed by atoms with van der Waals surface area (Å²) in [7, 11) is -4.21. The minimum Gasteiger partial charge on any atom is -0.427 e. The van der Waals surface area contributed by atoms with E-state index in [9.17, 15) is 28.8 Å². The van der Waals surface area contributed by atoms with Crippen molar-refractivity contribution < 1.29 is 47.2 Å². The molecular weight excluding hydrogens is 625 g/mol. The van der Waals surface area contributed by atoms with Gasteiger partial charge < -0.3 is 18.4 Å². The van der Waals surface area contributed by atoms with Gasteiger partial charge in [0.15, 0.2) is 13.4 Å². The molecule has 0 saturated carbocycles. The van der Waals surface area contributed by atoms with Crippen LogP contribution in [0, 0.1) is 17.3 Å². The first kappa shape index (κ1) is 38.1. The second-order valence-electron chi connectivity index (χ2n) is 13.5. The molecular formula is C29H50N2O10SSi2. The molecule has 0 aromatic rings. The number of likely N-dealkylation sites (tertiary alicyclic amines) is 1. The normalized spacial score (nSPS) is 22.4. The van der Waals surface area contributed by atoms with Gasteiger partial charge in [0.2, 0.25) is 26.9 Å². The zero-order chi connectivity index (χ0) is 33.8. The lowest BCUT2D eigenvalue weighted by Gasteiger charge is -2.50.